The van der Waals surface area contributed by atoms with Gasteiger partial charge in [0.1, 0.15) is 0 Å². The van der Waals surface area contributed by atoms with Crippen molar-refractivity contribution in [1.29, 1.82) is 0 Å². The van der Waals surface area contributed by atoms with E-state index in [-0.39, 0.29) is 34.0 Å². The Morgan fingerprint density at radius 3 is 0.650 bits per heavy atom. The molecule has 1 aromatic carbocycles. The molecule has 1 aromatic rings. The molecular formula is C56H110Br2P2. The number of rotatable bonds is 46. The summed E-state index contributed by atoms with van der Waals surface area (Å²) in [4.78, 5) is 0. The highest BCUT2D eigenvalue weighted by atomic mass is 79.9. The maximum atomic E-state index is 2.83. The molecule has 0 nitrogen and oxygen atoms in total. The molecule has 0 unspecified atom stereocenters. The van der Waals surface area contributed by atoms with Crippen LogP contribution in [0.3, 0.4) is 0 Å². The van der Waals surface area contributed by atoms with E-state index in [1.807, 2.05) is 0 Å². The summed E-state index contributed by atoms with van der Waals surface area (Å²) in [5.74, 6) is 0. The lowest BCUT2D eigenvalue weighted by Crippen LogP contribution is -3.00. The molecule has 0 aliphatic carbocycles. The Hall–Kier alpha value is 1.04. The van der Waals surface area contributed by atoms with Crippen LogP contribution in [0.5, 0.6) is 0 Å². The fourth-order valence-corrected chi connectivity index (χ4v) is 19.7. The number of benzene rings is 1. The zero-order valence-electron chi connectivity index (χ0n) is 42.1. The highest BCUT2D eigenvalue weighted by Crippen LogP contribution is 2.65. The maximum absolute atomic E-state index is 2.83. The minimum absolute atomic E-state index is 0. The van der Waals surface area contributed by atoms with Crippen LogP contribution in [0.25, 0.3) is 0 Å². The monoisotopic (exact) mass is 1000 g/mol. The van der Waals surface area contributed by atoms with Crippen LogP contribution in [-0.2, 0) is 12.3 Å². The van der Waals surface area contributed by atoms with Gasteiger partial charge in [0.2, 0.25) is 0 Å². The molecule has 0 heterocycles. The molecule has 60 heavy (non-hydrogen) atoms. The third-order valence-corrected chi connectivity index (χ3v) is 23.6. The van der Waals surface area contributed by atoms with Crippen molar-refractivity contribution >= 4 is 14.5 Å². The molecule has 0 N–H and O–H groups in total. The van der Waals surface area contributed by atoms with Gasteiger partial charge in [0, 0.05) is 14.5 Å². The van der Waals surface area contributed by atoms with Crippen molar-refractivity contribution in [3.8, 4) is 0 Å². The summed E-state index contributed by atoms with van der Waals surface area (Å²) in [6.07, 6.45) is 64.7. The molecule has 0 aromatic heterocycles. The normalized spacial score (nSPS) is 11.8. The molecule has 4 heteroatoms. The first-order chi connectivity index (χ1) is 28.5. The van der Waals surface area contributed by atoms with Crippen LogP contribution in [0.15, 0.2) is 24.3 Å². The van der Waals surface area contributed by atoms with Crippen molar-refractivity contribution in [3.05, 3.63) is 35.4 Å². The Labute approximate surface area is 403 Å². The second-order valence-electron chi connectivity index (χ2n) is 19.8. The van der Waals surface area contributed by atoms with Crippen molar-refractivity contribution in [3.63, 3.8) is 0 Å². The van der Waals surface area contributed by atoms with Gasteiger partial charge in [-0.3, -0.25) is 0 Å². The van der Waals surface area contributed by atoms with Crippen molar-refractivity contribution in [2.75, 3.05) is 37.0 Å². The lowest BCUT2D eigenvalue weighted by atomic mass is 10.1. The number of hydrogen-bond acceptors (Lipinski definition) is 0. The van der Waals surface area contributed by atoms with Gasteiger partial charge in [-0.15, -0.1) is 0 Å². The van der Waals surface area contributed by atoms with Crippen molar-refractivity contribution in [2.45, 2.75) is 285 Å². The van der Waals surface area contributed by atoms with Crippen LogP contribution in [-0.4, -0.2) is 37.0 Å². The summed E-state index contributed by atoms with van der Waals surface area (Å²) in [6, 6.07) is 10.6. The Morgan fingerprint density at radius 2 is 0.450 bits per heavy atom. The molecule has 0 saturated heterocycles. The summed E-state index contributed by atoms with van der Waals surface area (Å²) in [6.45, 7) is 14.2. The van der Waals surface area contributed by atoms with Crippen LogP contribution in [0, 0.1) is 0 Å². The minimum atomic E-state index is -1.04. The topological polar surface area (TPSA) is 0 Å². The Balaban J connectivity index is 0. The summed E-state index contributed by atoms with van der Waals surface area (Å²) < 4.78 is 0. The standard InChI is InChI=1S/C56H110P2.2BrH/c1-7-13-19-25-31-37-46-57(47-38-32-26-20-14-8-2,48-39-33-27-21-15-9-3)53-55-44-43-45-56(52-55)54-58(49-40-34-28-22-16-10-4,50-41-35-29-23-17-11-5)51-42-36-30-24-18-12-6;;/h43-45,52H,7-42,46-51,53-54H2,1-6H3;2*1H/q+2;;/p-2. The van der Waals surface area contributed by atoms with Gasteiger partial charge in [-0.05, 0) is 94.2 Å². The highest BCUT2D eigenvalue weighted by molar-refractivity contribution is 7.75. The predicted molar refractivity (Wildman–Crippen MR) is 277 cm³/mol. The quantitative estimate of drug-likeness (QED) is 0.0451. The first-order valence-electron chi connectivity index (χ1n) is 27.3. The smallest absolute Gasteiger partial charge is 0.0843 e. The van der Waals surface area contributed by atoms with Gasteiger partial charge < -0.3 is 34.0 Å². The lowest BCUT2D eigenvalue weighted by Gasteiger charge is -2.30. The molecule has 0 aliphatic heterocycles. The molecule has 0 spiro atoms. The van der Waals surface area contributed by atoms with Gasteiger partial charge in [0.15, 0.2) is 0 Å². The molecule has 0 aliphatic rings. The van der Waals surface area contributed by atoms with Crippen LogP contribution in [0.4, 0.5) is 0 Å². The van der Waals surface area contributed by atoms with Crippen molar-refractivity contribution in [2.24, 2.45) is 0 Å². The second-order valence-corrected chi connectivity index (χ2v) is 28.5. The Bertz CT molecular complexity index is 827. The zero-order chi connectivity index (χ0) is 42.1. The molecular weight excluding hydrogens is 894 g/mol. The summed E-state index contributed by atoms with van der Waals surface area (Å²) in [5, 5.41) is 0. The van der Waals surface area contributed by atoms with E-state index in [2.05, 4.69) is 65.8 Å². The third kappa shape index (κ3) is 35.3. The van der Waals surface area contributed by atoms with E-state index in [4.69, 9.17) is 0 Å². The van der Waals surface area contributed by atoms with Gasteiger partial charge in [-0.2, -0.15) is 0 Å². The molecule has 1 rings (SSSR count). The van der Waals surface area contributed by atoms with Crippen LogP contribution in [0.2, 0.25) is 0 Å². The predicted octanol–water partition coefficient (Wildman–Crippen LogP) is 14.9. The van der Waals surface area contributed by atoms with E-state index in [9.17, 15) is 0 Å². The van der Waals surface area contributed by atoms with Gasteiger partial charge in [-0.25, -0.2) is 0 Å². The van der Waals surface area contributed by atoms with E-state index in [0.29, 0.717) is 0 Å². The minimum Gasteiger partial charge on any atom is -1.00 e. The molecule has 0 fully saturated rings. The van der Waals surface area contributed by atoms with Crippen LogP contribution < -0.4 is 34.0 Å². The summed E-state index contributed by atoms with van der Waals surface area (Å²) in [7, 11) is -2.08. The van der Waals surface area contributed by atoms with Gasteiger partial charge in [-0.1, -0.05) is 214 Å². The van der Waals surface area contributed by atoms with E-state index < -0.39 is 14.5 Å². The second kappa shape index (κ2) is 46.6. The van der Waals surface area contributed by atoms with Crippen LogP contribution >= 0.6 is 14.5 Å². The first-order valence-corrected chi connectivity index (χ1v) is 32.4. The lowest BCUT2D eigenvalue weighted by molar-refractivity contribution is -0.001000. The zero-order valence-corrected chi connectivity index (χ0v) is 47.0. The van der Waals surface area contributed by atoms with Crippen molar-refractivity contribution in [1.82, 2.24) is 0 Å². The molecule has 0 bridgehead atoms. The number of halogens is 2. The Kier molecular flexibility index (Phi) is 49.0. The largest absolute Gasteiger partial charge is 1.00 e. The Morgan fingerprint density at radius 1 is 0.267 bits per heavy atom. The van der Waals surface area contributed by atoms with E-state index >= 15 is 0 Å². The van der Waals surface area contributed by atoms with E-state index in [0.717, 1.165) is 0 Å². The highest BCUT2D eigenvalue weighted by Gasteiger charge is 2.38. The summed E-state index contributed by atoms with van der Waals surface area (Å²) >= 11 is 0. The van der Waals surface area contributed by atoms with Gasteiger partial charge >= 0.3 is 0 Å². The van der Waals surface area contributed by atoms with Crippen LogP contribution in [0.1, 0.15) is 284 Å². The molecule has 358 valence electrons. The average molecular weight is 1010 g/mol. The molecule has 0 amide bonds. The first kappa shape index (κ1) is 63.1. The maximum Gasteiger partial charge on any atom is 0.0843 e. The fraction of sp³-hybridized carbons (Fsp3) is 0.893. The molecule has 0 radical (unpaired) electrons. The molecule has 0 atom stereocenters. The van der Waals surface area contributed by atoms with E-state index in [1.165, 1.54) is 243 Å². The average Bonchev–Trinajstić information content (AvgIpc) is 3.23. The molecule has 0 saturated carbocycles. The van der Waals surface area contributed by atoms with Gasteiger partial charge in [0.25, 0.3) is 0 Å². The third-order valence-electron chi connectivity index (χ3n) is 13.9. The van der Waals surface area contributed by atoms with E-state index in [1.54, 1.807) is 48.1 Å². The number of unbranched alkanes of at least 4 members (excludes halogenated alkanes) is 30. The van der Waals surface area contributed by atoms with Crippen molar-refractivity contribution < 1.29 is 34.0 Å². The number of hydrogen-bond donors (Lipinski definition) is 0. The SMILES string of the molecule is CCCCCCCC[P+](CCCCCCCC)(CCCCCCCC)Cc1cccc(C[P+](CCCCCCCC)(CCCCCCCC)CCCCCCCC)c1.[Br-].[Br-]. The van der Waals surface area contributed by atoms with Gasteiger partial charge in [0.05, 0.1) is 49.3 Å². The fourth-order valence-electron chi connectivity index (χ4n) is 10.1. The summed E-state index contributed by atoms with van der Waals surface area (Å²) in [5.41, 5.74) is 3.51.